The monoisotopic (exact) mass is 395 g/mol. The molecule has 0 saturated carbocycles. The average Bonchev–Trinajstić information content (AvgIpc) is 3.33. The first-order chi connectivity index (χ1) is 14.9. The molecule has 0 radical (unpaired) electrons. The van der Waals surface area contributed by atoms with Gasteiger partial charge < -0.3 is 4.90 Å². The van der Waals surface area contributed by atoms with Gasteiger partial charge in [-0.3, -0.25) is 0 Å². The van der Waals surface area contributed by atoms with Crippen LogP contribution in [0.4, 0.5) is 0 Å². The molecule has 1 aliphatic carbocycles. The molecule has 30 heavy (non-hydrogen) atoms. The lowest BCUT2D eigenvalue weighted by atomic mass is 9.69. The number of rotatable bonds is 6. The second-order valence-corrected chi connectivity index (χ2v) is 9.13. The fourth-order valence-corrected chi connectivity index (χ4v) is 5.64. The van der Waals surface area contributed by atoms with Crippen molar-refractivity contribution in [2.45, 2.75) is 50.4 Å². The van der Waals surface area contributed by atoms with Crippen molar-refractivity contribution in [1.29, 1.82) is 0 Å². The topological polar surface area (TPSA) is 3.24 Å². The van der Waals surface area contributed by atoms with Crippen LogP contribution in [0.5, 0.6) is 0 Å². The van der Waals surface area contributed by atoms with Crippen molar-refractivity contribution >= 4 is 0 Å². The first kappa shape index (κ1) is 19.6. The molecular weight excluding hydrogens is 362 g/mol. The molecule has 1 fully saturated rings. The molecule has 2 unspecified atom stereocenters. The Bertz CT molecular complexity index is 938. The van der Waals surface area contributed by atoms with E-state index in [9.17, 15) is 0 Å². The lowest BCUT2D eigenvalue weighted by Crippen LogP contribution is -2.21. The molecule has 3 aromatic rings. The van der Waals surface area contributed by atoms with E-state index in [1.54, 1.807) is 0 Å². The molecule has 1 heterocycles. The van der Waals surface area contributed by atoms with Gasteiger partial charge in [0.15, 0.2) is 0 Å². The van der Waals surface area contributed by atoms with Crippen LogP contribution in [0, 0.1) is 0 Å². The maximum Gasteiger partial charge on any atom is 0.0161 e. The third-order valence-electron chi connectivity index (χ3n) is 7.22. The molecule has 5 rings (SSSR count). The molecular formula is C29H33N. The Hall–Kier alpha value is -2.38. The van der Waals surface area contributed by atoms with Gasteiger partial charge in [0.2, 0.25) is 0 Å². The lowest BCUT2D eigenvalue weighted by molar-refractivity contribution is 0.334. The summed E-state index contributed by atoms with van der Waals surface area (Å²) in [5.74, 6) is 1.01. The highest BCUT2D eigenvalue weighted by Gasteiger charge is 2.31. The molecule has 1 heteroatoms. The third kappa shape index (κ3) is 4.23. The predicted octanol–water partition coefficient (Wildman–Crippen LogP) is 6.58. The average molecular weight is 396 g/mol. The van der Waals surface area contributed by atoms with Crippen LogP contribution in [0.25, 0.3) is 0 Å². The van der Waals surface area contributed by atoms with Gasteiger partial charge in [0.25, 0.3) is 0 Å². The molecule has 2 aliphatic rings. The van der Waals surface area contributed by atoms with E-state index >= 15 is 0 Å². The highest BCUT2D eigenvalue weighted by molar-refractivity contribution is 5.45. The van der Waals surface area contributed by atoms with E-state index in [1.807, 2.05) is 0 Å². The van der Waals surface area contributed by atoms with E-state index in [0.29, 0.717) is 11.8 Å². The number of aryl methyl sites for hydroxylation is 2. The van der Waals surface area contributed by atoms with Gasteiger partial charge in [-0.1, -0.05) is 78.9 Å². The zero-order chi connectivity index (χ0) is 20.2. The molecule has 154 valence electrons. The van der Waals surface area contributed by atoms with Crippen LogP contribution in [-0.4, -0.2) is 24.5 Å². The van der Waals surface area contributed by atoms with Crippen LogP contribution in [0.15, 0.2) is 78.9 Å². The maximum atomic E-state index is 2.62. The molecule has 0 N–H and O–H groups in total. The van der Waals surface area contributed by atoms with E-state index < -0.39 is 0 Å². The predicted molar refractivity (Wildman–Crippen MR) is 126 cm³/mol. The van der Waals surface area contributed by atoms with Crippen LogP contribution in [0.1, 0.15) is 65.3 Å². The molecule has 0 bridgehead atoms. The van der Waals surface area contributed by atoms with Crippen molar-refractivity contribution in [3.63, 3.8) is 0 Å². The lowest BCUT2D eigenvalue weighted by Gasteiger charge is -2.34. The molecule has 0 amide bonds. The Kier molecular flexibility index (Phi) is 5.99. The van der Waals surface area contributed by atoms with Gasteiger partial charge in [0.1, 0.15) is 0 Å². The van der Waals surface area contributed by atoms with Crippen molar-refractivity contribution in [2.24, 2.45) is 0 Å². The summed E-state index contributed by atoms with van der Waals surface area (Å²) < 4.78 is 0. The van der Waals surface area contributed by atoms with Crippen LogP contribution in [0.2, 0.25) is 0 Å². The van der Waals surface area contributed by atoms with Gasteiger partial charge in [0, 0.05) is 5.92 Å². The van der Waals surface area contributed by atoms with Crippen molar-refractivity contribution < 1.29 is 0 Å². The summed E-state index contributed by atoms with van der Waals surface area (Å²) in [7, 11) is 0. The van der Waals surface area contributed by atoms with E-state index in [-0.39, 0.29) is 0 Å². The van der Waals surface area contributed by atoms with Gasteiger partial charge in [-0.25, -0.2) is 0 Å². The molecule has 1 nitrogen and oxygen atoms in total. The minimum atomic E-state index is 0.455. The van der Waals surface area contributed by atoms with Crippen LogP contribution in [-0.2, 0) is 12.8 Å². The van der Waals surface area contributed by atoms with Crippen molar-refractivity contribution in [1.82, 2.24) is 4.90 Å². The first-order valence-corrected chi connectivity index (χ1v) is 11.8. The number of hydrogen-bond donors (Lipinski definition) is 0. The van der Waals surface area contributed by atoms with Gasteiger partial charge in [-0.2, -0.15) is 0 Å². The van der Waals surface area contributed by atoms with Gasteiger partial charge >= 0.3 is 0 Å². The van der Waals surface area contributed by atoms with Crippen LogP contribution < -0.4 is 0 Å². The summed E-state index contributed by atoms with van der Waals surface area (Å²) in [5.41, 5.74) is 7.49. The van der Waals surface area contributed by atoms with E-state index in [4.69, 9.17) is 0 Å². The SMILES string of the molecule is c1ccc(C2CCc3ccccc3C2c2ccc(CCCN3CCCC3)cc2)cc1. The number of nitrogens with zero attached hydrogens (tertiary/aromatic N) is 1. The Balaban J connectivity index is 1.37. The number of benzene rings is 3. The standard InChI is InChI=1S/C29H33N/c1-2-10-24(11-3-1)28-19-18-25-12-4-5-13-27(25)29(28)26-16-14-23(15-17-26)9-8-22-30-20-6-7-21-30/h1-5,10-17,28-29H,6-9,18-22H2. The second kappa shape index (κ2) is 9.18. The summed E-state index contributed by atoms with van der Waals surface area (Å²) in [6.45, 7) is 3.87. The Labute approximate surface area is 181 Å². The summed E-state index contributed by atoms with van der Waals surface area (Å²) >= 11 is 0. The summed E-state index contributed by atoms with van der Waals surface area (Å²) in [5, 5.41) is 0. The summed E-state index contributed by atoms with van der Waals surface area (Å²) in [6.07, 6.45) is 7.66. The summed E-state index contributed by atoms with van der Waals surface area (Å²) in [6, 6.07) is 29.8. The van der Waals surface area contributed by atoms with Gasteiger partial charge in [0.05, 0.1) is 0 Å². The molecule has 3 aromatic carbocycles. The van der Waals surface area contributed by atoms with E-state index in [2.05, 4.69) is 83.8 Å². The number of hydrogen-bond acceptors (Lipinski definition) is 1. The largest absolute Gasteiger partial charge is 0.303 e. The summed E-state index contributed by atoms with van der Waals surface area (Å²) in [4.78, 5) is 2.62. The maximum absolute atomic E-state index is 2.62. The Morgan fingerprint density at radius 3 is 2.27 bits per heavy atom. The normalized spacial score (nSPS) is 21.5. The molecule has 0 spiro atoms. The highest BCUT2D eigenvalue weighted by atomic mass is 15.1. The van der Waals surface area contributed by atoms with E-state index in [1.165, 1.54) is 86.0 Å². The van der Waals surface area contributed by atoms with E-state index in [0.717, 1.165) is 0 Å². The molecule has 1 saturated heterocycles. The zero-order valence-electron chi connectivity index (χ0n) is 18.0. The fraction of sp³-hybridized carbons (Fsp3) is 0.379. The molecule has 0 aromatic heterocycles. The van der Waals surface area contributed by atoms with Crippen molar-refractivity contribution in [3.05, 3.63) is 107 Å². The fourth-order valence-electron chi connectivity index (χ4n) is 5.64. The second-order valence-electron chi connectivity index (χ2n) is 9.13. The van der Waals surface area contributed by atoms with Crippen LogP contribution >= 0.6 is 0 Å². The van der Waals surface area contributed by atoms with Crippen LogP contribution in [0.3, 0.4) is 0 Å². The van der Waals surface area contributed by atoms with Crippen molar-refractivity contribution in [3.8, 4) is 0 Å². The highest BCUT2D eigenvalue weighted by Crippen LogP contribution is 2.46. The molecule has 1 aliphatic heterocycles. The van der Waals surface area contributed by atoms with Gasteiger partial charge in [-0.05, 0) is 91.9 Å². The number of fused-ring (bicyclic) bond motifs is 1. The van der Waals surface area contributed by atoms with Crippen molar-refractivity contribution in [2.75, 3.05) is 19.6 Å². The third-order valence-corrected chi connectivity index (χ3v) is 7.22. The quantitative estimate of drug-likeness (QED) is 0.456. The number of likely N-dealkylation sites (tertiary alicyclic amines) is 1. The van der Waals surface area contributed by atoms with Gasteiger partial charge in [-0.15, -0.1) is 0 Å². The molecule has 2 atom stereocenters. The first-order valence-electron chi connectivity index (χ1n) is 11.8. The zero-order valence-corrected chi connectivity index (χ0v) is 18.0. The smallest absolute Gasteiger partial charge is 0.0161 e. The Morgan fingerprint density at radius 1 is 0.733 bits per heavy atom. The Morgan fingerprint density at radius 2 is 1.47 bits per heavy atom. The minimum absolute atomic E-state index is 0.455. The minimum Gasteiger partial charge on any atom is -0.303 e.